The van der Waals surface area contributed by atoms with Gasteiger partial charge in [0, 0.05) is 4.29 Å². The van der Waals surface area contributed by atoms with Crippen molar-refractivity contribution in [2.75, 3.05) is 0 Å². The van der Waals surface area contributed by atoms with Crippen LogP contribution in [0, 0.1) is 10.8 Å². The van der Waals surface area contributed by atoms with Crippen LogP contribution >= 0.6 is 24.2 Å². The second-order valence-electron chi connectivity index (χ2n) is 0.570. The summed E-state index contributed by atoms with van der Waals surface area (Å²) < 4.78 is 22.6. The van der Waals surface area contributed by atoms with Gasteiger partial charge in [0.25, 0.3) is 15.7 Å². The number of hydrogen-bond donors (Lipinski definition) is 1. The van der Waals surface area contributed by atoms with Crippen molar-refractivity contribution in [3.05, 3.63) is 0 Å². The first-order valence-corrected chi connectivity index (χ1v) is 3.05. The second kappa shape index (κ2) is 3.77. The van der Waals surface area contributed by atoms with Crippen LogP contribution in [0.1, 0.15) is 0 Å². The van der Waals surface area contributed by atoms with Crippen molar-refractivity contribution >= 4 is 24.2 Å². The van der Waals surface area contributed by atoms with Crippen molar-refractivity contribution in [1.29, 1.82) is 0 Å². The molecule has 0 radical (unpaired) electrons. The summed E-state index contributed by atoms with van der Waals surface area (Å²) in [7, 11) is -2.26. The molecule has 0 bridgehead atoms. The van der Waals surface area contributed by atoms with Gasteiger partial charge in [0.2, 0.25) is 0 Å². The first-order chi connectivity index (χ1) is 3.13. The van der Waals surface area contributed by atoms with Crippen LogP contribution in [-0.4, -0.2) is 4.90 Å². The third-order valence-electron chi connectivity index (χ3n) is 0.146. The summed E-state index contributed by atoms with van der Waals surface area (Å²) in [5, 5.41) is 0. The predicted molar refractivity (Wildman–Crippen MR) is 19.7 cm³/mol. The molecule has 0 aliphatic rings. The van der Waals surface area contributed by atoms with Gasteiger partial charge in [0.15, 0.2) is 0 Å². The number of alkyl halides is 1. The van der Waals surface area contributed by atoms with Crippen LogP contribution < -0.4 is 9.32 Å². The molecule has 0 saturated carbocycles. The van der Waals surface area contributed by atoms with E-state index < -0.39 is 15.7 Å². The Morgan fingerprint density at radius 1 is 1.71 bits per heavy atom. The minimum Gasteiger partial charge on any atom is -0.320 e. The first-order valence-electron chi connectivity index (χ1n) is 1.18. The number of hydrogen-bond acceptors (Lipinski definition) is 4. The van der Waals surface area contributed by atoms with Crippen LogP contribution in [0.5, 0.6) is 0 Å². The zero-order valence-electron chi connectivity index (χ0n) is 3.01. The van der Waals surface area contributed by atoms with E-state index in [2.05, 4.69) is 16.9 Å². The maximum atomic E-state index is 9.42. The highest BCUT2D eigenvalue weighted by molar-refractivity contribution is 7.82. The van der Waals surface area contributed by atoms with Gasteiger partial charge in [-0.2, -0.15) is 0 Å². The van der Waals surface area contributed by atoms with Crippen LogP contribution in [0.25, 0.3) is 0 Å². The molecule has 0 aliphatic heterocycles. The summed E-state index contributed by atoms with van der Waals surface area (Å²) >= 11 is 8.29. The molecule has 1 unspecified atom stereocenters. The summed E-state index contributed by atoms with van der Waals surface area (Å²) in [5.41, 5.74) is 0. The summed E-state index contributed by atoms with van der Waals surface area (Å²) in [4.78, 5) is -1.09. The van der Waals surface area contributed by atoms with Crippen LogP contribution in [0.15, 0.2) is 0 Å². The van der Waals surface area contributed by atoms with Gasteiger partial charge >= 0.3 is 0 Å². The SMILES string of the molecule is [O-][Cl+2]([O-])OC(S)Cl. The number of rotatable bonds is 2. The van der Waals surface area contributed by atoms with Crippen LogP contribution in [0.3, 0.4) is 0 Å². The zero-order valence-corrected chi connectivity index (χ0v) is 5.41. The molecule has 0 aliphatic carbocycles. The fourth-order valence-corrected chi connectivity index (χ4v) is 0.540. The van der Waals surface area contributed by atoms with E-state index in [-0.39, 0.29) is 0 Å². The third-order valence-corrected chi connectivity index (χ3v) is 0.880. The summed E-state index contributed by atoms with van der Waals surface area (Å²) in [6.45, 7) is 0. The second-order valence-corrected chi connectivity index (χ2v) is 2.30. The first kappa shape index (κ1) is 7.81. The largest absolute Gasteiger partial charge is 0.320 e. The molecule has 6 heteroatoms. The normalized spacial score (nSPS) is 15.0. The number of thiol groups is 1. The van der Waals surface area contributed by atoms with E-state index in [1.807, 2.05) is 0 Å². The predicted octanol–water partition coefficient (Wildman–Crippen LogP) is -1.46. The van der Waals surface area contributed by atoms with E-state index in [9.17, 15) is 9.32 Å². The Balaban J connectivity index is 2.95. The fraction of sp³-hybridized carbons (Fsp3) is 1.00. The lowest BCUT2D eigenvalue weighted by Gasteiger charge is -1.91. The van der Waals surface area contributed by atoms with Crippen LogP contribution in [0.2, 0.25) is 0 Å². The molecule has 7 heavy (non-hydrogen) atoms. The van der Waals surface area contributed by atoms with Gasteiger partial charge in [-0.15, -0.1) is 12.6 Å². The van der Waals surface area contributed by atoms with Gasteiger partial charge in [-0.3, -0.25) is 0 Å². The van der Waals surface area contributed by atoms with E-state index in [1.54, 1.807) is 0 Å². The molecule has 44 valence electrons. The molecular weight excluding hydrogens is 163 g/mol. The van der Waals surface area contributed by atoms with Gasteiger partial charge in [-0.25, -0.2) is 0 Å². The van der Waals surface area contributed by atoms with Crippen LogP contribution in [-0.2, 0) is 4.29 Å². The summed E-state index contributed by atoms with van der Waals surface area (Å²) in [6, 6.07) is 0. The fourth-order valence-electron chi connectivity index (χ4n) is 0.0600. The Hall–Kier alpha value is 0.810. The van der Waals surface area contributed by atoms with E-state index >= 15 is 0 Å². The van der Waals surface area contributed by atoms with Gasteiger partial charge in [-0.1, -0.05) is 11.6 Å². The molecule has 0 rings (SSSR count). The van der Waals surface area contributed by atoms with Crippen molar-refractivity contribution < 1.29 is 24.4 Å². The highest BCUT2D eigenvalue weighted by atomic mass is 35.6. The van der Waals surface area contributed by atoms with Crippen molar-refractivity contribution in [3.8, 4) is 0 Å². The highest BCUT2D eigenvalue weighted by Gasteiger charge is 2.12. The van der Waals surface area contributed by atoms with Gasteiger partial charge in [0.05, 0.1) is 0 Å². The molecule has 0 aromatic carbocycles. The molecular formula is CH2Cl2O3S. The Kier molecular flexibility index (Phi) is 4.20. The highest BCUT2D eigenvalue weighted by Crippen LogP contribution is 2.02. The lowest BCUT2D eigenvalue weighted by Crippen LogP contribution is -2.35. The molecule has 0 aromatic heterocycles. The maximum absolute atomic E-state index is 9.42. The topological polar surface area (TPSA) is 55.3 Å². The van der Waals surface area contributed by atoms with Gasteiger partial charge < -0.3 is 9.32 Å². The monoisotopic (exact) mass is 164 g/mol. The van der Waals surface area contributed by atoms with Crippen molar-refractivity contribution in [1.82, 2.24) is 0 Å². The van der Waals surface area contributed by atoms with E-state index in [4.69, 9.17) is 11.6 Å². The Labute approximate surface area is 54.0 Å². The minimum absolute atomic E-state index is 1.09. The number of halogens is 2. The van der Waals surface area contributed by atoms with Gasteiger partial charge in [-0.05, 0) is 0 Å². The Morgan fingerprint density at radius 2 is 2.14 bits per heavy atom. The molecule has 0 heterocycles. The zero-order chi connectivity index (χ0) is 5.86. The molecule has 0 fully saturated rings. The smallest absolute Gasteiger partial charge is 0.288 e. The molecule has 0 N–H and O–H groups in total. The quantitative estimate of drug-likeness (QED) is 0.309. The van der Waals surface area contributed by atoms with E-state index in [0.29, 0.717) is 0 Å². The van der Waals surface area contributed by atoms with Gasteiger partial charge in [0.1, 0.15) is 0 Å². The molecule has 0 aromatic rings. The summed E-state index contributed by atoms with van der Waals surface area (Å²) in [6.07, 6.45) is 0. The third kappa shape index (κ3) is 6.81. The average molecular weight is 165 g/mol. The van der Waals surface area contributed by atoms with Crippen molar-refractivity contribution in [3.63, 3.8) is 0 Å². The molecule has 0 saturated heterocycles. The molecule has 1 atom stereocenters. The minimum atomic E-state index is -2.26. The van der Waals surface area contributed by atoms with Crippen LogP contribution in [0.4, 0.5) is 0 Å². The molecule has 0 spiro atoms. The molecule has 0 amide bonds. The maximum Gasteiger partial charge on any atom is 0.288 e. The Bertz CT molecular complexity index is 42.2. The van der Waals surface area contributed by atoms with E-state index in [1.165, 1.54) is 0 Å². The van der Waals surface area contributed by atoms with Crippen molar-refractivity contribution in [2.24, 2.45) is 0 Å². The lowest BCUT2D eigenvalue weighted by atomic mass is 11.7. The van der Waals surface area contributed by atoms with E-state index in [0.717, 1.165) is 0 Å². The van der Waals surface area contributed by atoms with Crippen molar-refractivity contribution in [2.45, 2.75) is 4.90 Å². The lowest BCUT2D eigenvalue weighted by molar-refractivity contribution is -1.63. The standard InChI is InChI=1S/CH2Cl2O3S/c2-1(7)6-3(4)5/h1,7H. The summed E-state index contributed by atoms with van der Waals surface area (Å²) in [5.74, 6) is 0. The Morgan fingerprint density at radius 3 is 2.14 bits per heavy atom. The molecule has 3 nitrogen and oxygen atoms in total. The average Bonchev–Trinajstić information content (AvgIpc) is 1.27.